The smallest absolute Gasteiger partial charge is 0.356 e. The molecule has 7 nitrogen and oxygen atoms in total. The van der Waals surface area contributed by atoms with Crippen molar-refractivity contribution in [1.82, 2.24) is 14.7 Å². The zero-order valence-electron chi connectivity index (χ0n) is 13.7. The van der Waals surface area contributed by atoms with E-state index in [1.54, 1.807) is 37.1 Å². The first kappa shape index (κ1) is 16.0. The molecule has 0 bridgehead atoms. The van der Waals surface area contributed by atoms with E-state index in [4.69, 9.17) is 4.74 Å². The first-order valence-corrected chi connectivity index (χ1v) is 7.82. The van der Waals surface area contributed by atoms with Gasteiger partial charge in [0, 0.05) is 25.6 Å². The summed E-state index contributed by atoms with van der Waals surface area (Å²) >= 11 is 0. The van der Waals surface area contributed by atoms with Crippen LogP contribution in [0.25, 0.3) is 0 Å². The summed E-state index contributed by atoms with van der Waals surface area (Å²) in [5.74, 6) is -0.756. The van der Waals surface area contributed by atoms with E-state index < -0.39 is 5.97 Å². The number of fused-ring (bicyclic) bond motifs is 1. The van der Waals surface area contributed by atoms with E-state index in [9.17, 15) is 14.7 Å². The summed E-state index contributed by atoms with van der Waals surface area (Å²) in [6, 6.07) is 6.44. The molecule has 126 valence electrons. The molecule has 7 heteroatoms. The number of rotatable bonds is 3. The van der Waals surface area contributed by atoms with Gasteiger partial charge in [-0.15, -0.1) is 0 Å². The molecule has 0 radical (unpaired) electrons. The number of nitrogens with zero attached hydrogens (tertiary/aromatic N) is 3. The van der Waals surface area contributed by atoms with Gasteiger partial charge in [-0.1, -0.05) is 12.1 Å². The van der Waals surface area contributed by atoms with Crippen LogP contribution in [0.4, 0.5) is 0 Å². The molecule has 1 aromatic carbocycles. The SMILES string of the molecule is CCOC(=O)c1c2c(nn1C)CCN(C(=O)c1ccccc1O)C2. The molecule has 24 heavy (non-hydrogen) atoms. The highest BCUT2D eigenvalue weighted by Crippen LogP contribution is 2.26. The Bertz CT molecular complexity index is 797. The van der Waals surface area contributed by atoms with Crippen molar-refractivity contribution in [2.45, 2.75) is 19.9 Å². The van der Waals surface area contributed by atoms with Gasteiger partial charge >= 0.3 is 5.97 Å². The van der Waals surface area contributed by atoms with Crippen LogP contribution in [-0.4, -0.2) is 44.8 Å². The minimum atomic E-state index is -0.439. The number of ether oxygens (including phenoxy) is 1. The first-order chi connectivity index (χ1) is 11.5. The highest BCUT2D eigenvalue weighted by atomic mass is 16.5. The summed E-state index contributed by atoms with van der Waals surface area (Å²) in [5, 5.41) is 14.3. The lowest BCUT2D eigenvalue weighted by atomic mass is 10.0. The monoisotopic (exact) mass is 329 g/mol. The molecule has 0 fully saturated rings. The number of esters is 1. The Balaban J connectivity index is 1.90. The Hall–Kier alpha value is -2.83. The second kappa shape index (κ2) is 6.35. The van der Waals surface area contributed by atoms with Crippen LogP contribution in [0.15, 0.2) is 24.3 Å². The molecule has 0 aliphatic carbocycles. The first-order valence-electron chi connectivity index (χ1n) is 7.82. The second-order valence-electron chi connectivity index (χ2n) is 5.61. The number of phenols is 1. The molecule has 1 aromatic heterocycles. The Kier molecular flexibility index (Phi) is 4.24. The van der Waals surface area contributed by atoms with E-state index >= 15 is 0 Å². The van der Waals surface area contributed by atoms with Crippen molar-refractivity contribution in [3.63, 3.8) is 0 Å². The predicted octanol–water partition coefficient (Wildman–Crippen LogP) is 1.50. The number of hydrogen-bond donors (Lipinski definition) is 1. The number of aromatic nitrogens is 2. The molecule has 2 heterocycles. The van der Waals surface area contributed by atoms with Gasteiger partial charge in [0.25, 0.3) is 5.91 Å². The lowest BCUT2D eigenvalue weighted by Gasteiger charge is -2.27. The predicted molar refractivity (Wildman–Crippen MR) is 85.7 cm³/mol. The van der Waals surface area contributed by atoms with Gasteiger partial charge < -0.3 is 14.7 Å². The maximum atomic E-state index is 12.7. The van der Waals surface area contributed by atoms with E-state index in [2.05, 4.69) is 5.10 Å². The molecule has 1 amide bonds. The zero-order valence-corrected chi connectivity index (χ0v) is 13.7. The normalized spacial score (nSPS) is 13.5. The molecule has 1 aliphatic heterocycles. The summed E-state index contributed by atoms with van der Waals surface area (Å²) in [7, 11) is 1.69. The number of hydrogen-bond acceptors (Lipinski definition) is 5. The number of para-hydroxylation sites is 1. The highest BCUT2D eigenvalue weighted by molar-refractivity contribution is 5.97. The van der Waals surface area contributed by atoms with Gasteiger partial charge in [0.1, 0.15) is 5.75 Å². The molecule has 2 aromatic rings. The second-order valence-corrected chi connectivity index (χ2v) is 5.61. The molecular formula is C17H19N3O4. The average molecular weight is 329 g/mol. The lowest BCUT2D eigenvalue weighted by Crippen LogP contribution is -2.36. The third kappa shape index (κ3) is 2.73. The molecular weight excluding hydrogens is 310 g/mol. The van der Waals surface area contributed by atoms with E-state index in [-0.39, 0.29) is 30.4 Å². The van der Waals surface area contributed by atoms with Crippen molar-refractivity contribution in [3.8, 4) is 5.75 Å². The molecule has 0 saturated heterocycles. The summed E-state index contributed by atoms with van der Waals surface area (Å²) in [6.07, 6.45) is 0.557. The third-order valence-electron chi connectivity index (χ3n) is 4.09. The molecule has 3 rings (SSSR count). The summed E-state index contributed by atoms with van der Waals surface area (Å²) in [6.45, 7) is 2.78. The Morgan fingerprint density at radius 3 is 2.79 bits per heavy atom. The fraction of sp³-hybridized carbons (Fsp3) is 0.353. The highest BCUT2D eigenvalue weighted by Gasteiger charge is 2.30. The largest absolute Gasteiger partial charge is 0.507 e. The topological polar surface area (TPSA) is 84.7 Å². The third-order valence-corrected chi connectivity index (χ3v) is 4.09. The van der Waals surface area contributed by atoms with Gasteiger partial charge in [-0.05, 0) is 19.1 Å². The summed E-state index contributed by atoms with van der Waals surface area (Å²) in [5.41, 5.74) is 2.15. The summed E-state index contributed by atoms with van der Waals surface area (Å²) < 4.78 is 6.60. The van der Waals surface area contributed by atoms with E-state index in [1.165, 1.54) is 10.7 Å². The minimum absolute atomic E-state index is 0.0508. The quantitative estimate of drug-likeness (QED) is 0.863. The van der Waals surface area contributed by atoms with E-state index in [1.807, 2.05) is 0 Å². The van der Waals surface area contributed by atoms with Gasteiger partial charge in [-0.2, -0.15) is 5.10 Å². The van der Waals surface area contributed by atoms with Crippen molar-refractivity contribution < 1.29 is 19.4 Å². The Morgan fingerprint density at radius 2 is 2.08 bits per heavy atom. The average Bonchev–Trinajstić information content (AvgIpc) is 2.89. The molecule has 1 aliphatic rings. The van der Waals surface area contributed by atoms with Crippen LogP contribution < -0.4 is 0 Å². The Morgan fingerprint density at radius 1 is 1.33 bits per heavy atom. The molecule has 1 N–H and O–H groups in total. The fourth-order valence-corrected chi connectivity index (χ4v) is 2.95. The maximum absolute atomic E-state index is 12.7. The van der Waals surface area contributed by atoms with Crippen LogP contribution in [0.3, 0.4) is 0 Å². The van der Waals surface area contributed by atoms with Crippen LogP contribution in [0.2, 0.25) is 0 Å². The van der Waals surface area contributed by atoms with Crippen LogP contribution in [0, 0.1) is 0 Å². The molecule has 0 spiro atoms. The fourth-order valence-electron chi connectivity index (χ4n) is 2.95. The number of amides is 1. The van der Waals surface area contributed by atoms with Crippen molar-refractivity contribution in [2.24, 2.45) is 7.05 Å². The Labute approximate surface area is 139 Å². The number of carbonyl (C=O) groups excluding carboxylic acids is 2. The standard InChI is InChI=1S/C17H19N3O4/c1-3-24-17(23)15-12-10-20(9-8-13(12)18-19(15)2)16(22)11-6-4-5-7-14(11)21/h4-7,21H,3,8-10H2,1-2H3. The van der Waals surface area contributed by atoms with Crippen molar-refractivity contribution in [2.75, 3.05) is 13.2 Å². The number of phenolic OH excluding ortho intramolecular Hbond substituents is 1. The molecule has 0 unspecified atom stereocenters. The van der Waals surface area contributed by atoms with Crippen molar-refractivity contribution in [3.05, 3.63) is 46.8 Å². The zero-order chi connectivity index (χ0) is 17.3. The van der Waals surface area contributed by atoms with Gasteiger partial charge in [0.15, 0.2) is 5.69 Å². The van der Waals surface area contributed by atoms with Crippen LogP contribution in [-0.2, 0) is 24.8 Å². The minimum Gasteiger partial charge on any atom is -0.507 e. The van der Waals surface area contributed by atoms with Crippen LogP contribution >= 0.6 is 0 Å². The van der Waals surface area contributed by atoms with Crippen LogP contribution in [0.5, 0.6) is 5.75 Å². The van der Waals surface area contributed by atoms with Crippen LogP contribution in [0.1, 0.15) is 39.0 Å². The number of carbonyl (C=O) groups is 2. The molecule has 0 saturated carbocycles. The molecule has 0 atom stereocenters. The number of benzene rings is 1. The van der Waals surface area contributed by atoms with Gasteiger partial charge in [-0.25, -0.2) is 4.79 Å². The van der Waals surface area contributed by atoms with Crippen molar-refractivity contribution in [1.29, 1.82) is 0 Å². The number of aryl methyl sites for hydroxylation is 1. The van der Waals surface area contributed by atoms with Gasteiger partial charge in [-0.3, -0.25) is 9.48 Å². The van der Waals surface area contributed by atoms with Gasteiger partial charge in [0.2, 0.25) is 0 Å². The maximum Gasteiger partial charge on any atom is 0.356 e. The van der Waals surface area contributed by atoms with E-state index in [0.717, 1.165) is 5.69 Å². The van der Waals surface area contributed by atoms with Gasteiger partial charge in [0.05, 0.1) is 24.4 Å². The lowest BCUT2D eigenvalue weighted by molar-refractivity contribution is 0.0508. The van der Waals surface area contributed by atoms with Crippen molar-refractivity contribution >= 4 is 11.9 Å². The van der Waals surface area contributed by atoms with E-state index in [0.29, 0.717) is 24.2 Å². The number of aromatic hydroxyl groups is 1. The summed E-state index contributed by atoms with van der Waals surface area (Å²) in [4.78, 5) is 26.5.